The van der Waals surface area contributed by atoms with Crippen molar-refractivity contribution in [2.75, 3.05) is 0 Å². The lowest BCUT2D eigenvalue weighted by Crippen LogP contribution is -1.89. The zero-order valence-electron chi connectivity index (χ0n) is 5.79. The van der Waals surface area contributed by atoms with Crippen molar-refractivity contribution in [1.29, 1.82) is 0 Å². The molecule has 52 valence electrons. The third-order valence-corrected chi connectivity index (χ3v) is 1.50. The van der Waals surface area contributed by atoms with Crippen molar-refractivity contribution in [3.63, 3.8) is 0 Å². The van der Waals surface area contributed by atoms with Crippen LogP contribution in [0.3, 0.4) is 0 Å². The molecule has 0 fully saturated rings. The molecule has 0 spiro atoms. The zero-order chi connectivity index (χ0) is 6.97. The first-order valence-corrected chi connectivity index (χ1v) is 3.35. The van der Waals surface area contributed by atoms with Gasteiger partial charge in [0.15, 0.2) is 17.5 Å². The maximum Gasteiger partial charge on any atom is 0.194 e. The molecular weight excluding hydrogens is 128 g/mol. The Morgan fingerprint density at radius 2 is 2.50 bits per heavy atom. The summed E-state index contributed by atoms with van der Waals surface area (Å²) < 4.78 is 5.28. The third-order valence-electron chi connectivity index (χ3n) is 1.50. The van der Waals surface area contributed by atoms with Gasteiger partial charge in [-0.3, -0.25) is 0 Å². The molecule has 0 aromatic carbocycles. The largest absolute Gasteiger partial charge is 0.444 e. The molecule has 0 amide bonds. The molecule has 0 bridgehead atoms. The van der Waals surface area contributed by atoms with Crippen molar-refractivity contribution in [2.24, 2.45) is 4.99 Å². The Labute approximate surface area is 58.8 Å². The number of aromatic nitrogens is 1. The quantitative estimate of drug-likeness (QED) is 0.543. The normalized spacial score (nSPS) is 15.3. The summed E-state index contributed by atoms with van der Waals surface area (Å²) in [4.78, 5) is 8.17. The monoisotopic (exact) mass is 136 g/mol. The average Bonchev–Trinajstić information content (AvgIpc) is 2.27. The van der Waals surface area contributed by atoms with Crippen molar-refractivity contribution >= 4 is 12.0 Å². The summed E-state index contributed by atoms with van der Waals surface area (Å²) in [6.07, 6.45) is 3.80. The van der Waals surface area contributed by atoms with Gasteiger partial charge in [0.05, 0.1) is 0 Å². The van der Waals surface area contributed by atoms with E-state index in [1.54, 1.807) is 0 Å². The van der Waals surface area contributed by atoms with Crippen LogP contribution in [0.5, 0.6) is 0 Å². The summed E-state index contributed by atoms with van der Waals surface area (Å²) in [6, 6.07) is 0. The Kier molecular flexibility index (Phi) is 1.09. The van der Waals surface area contributed by atoms with E-state index >= 15 is 0 Å². The summed E-state index contributed by atoms with van der Waals surface area (Å²) in [5.74, 6) is 2.41. The van der Waals surface area contributed by atoms with Gasteiger partial charge in [0, 0.05) is 19.6 Å². The van der Waals surface area contributed by atoms with Crippen LogP contribution in [0, 0.1) is 6.92 Å². The molecule has 3 heteroatoms. The lowest BCUT2D eigenvalue weighted by molar-refractivity contribution is 0.476. The Bertz CT molecular complexity index is 275. The molecule has 2 heterocycles. The highest BCUT2D eigenvalue weighted by Gasteiger charge is 2.11. The van der Waals surface area contributed by atoms with Gasteiger partial charge in [-0.25, -0.2) is 4.99 Å². The second-order valence-corrected chi connectivity index (χ2v) is 2.33. The van der Waals surface area contributed by atoms with Gasteiger partial charge in [-0.05, 0) is 6.42 Å². The molecule has 1 aliphatic rings. The van der Waals surface area contributed by atoms with E-state index in [4.69, 9.17) is 4.42 Å². The SMILES string of the molecule is Cc1nc2c(o1)CCC=N2. The molecule has 2 rings (SSSR count). The fourth-order valence-corrected chi connectivity index (χ4v) is 1.07. The Hall–Kier alpha value is -1.12. The minimum Gasteiger partial charge on any atom is -0.444 e. The maximum atomic E-state index is 5.28. The number of hydrogen-bond donors (Lipinski definition) is 0. The first-order valence-electron chi connectivity index (χ1n) is 3.35. The van der Waals surface area contributed by atoms with Crippen LogP contribution in [0.25, 0.3) is 0 Å². The van der Waals surface area contributed by atoms with E-state index < -0.39 is 0 Å². The molecule has 1 aliphatic heterocycles. The van der Waals surface area contributed by atoms with Gasteiger partial charge in [0.25, 0.3) is 0 Å². The Balaban J connectivity index is 2.53. The highest BCUT2D eigenvalue weighted by molar-refractivity contribution is 5.65. The Morgan fingerprint density at radius 3 is 3.30 bits per heavy atom. The fourth-order valence-electron chi connectivity index (χ4n) is 1.07. The van der Waals surface area contributed by atoms with E-state index in [1.165, 1.54) is 0 Å². The molecule has 10 heavy (non-hydrogen) atoms. The van der Waals surface area contributed by atoms with Gasteiger partial charge in [-0.15, -0.1) is 0 Å². The summed E-state index contributed by atoms with van der Waals surface area (Å²) in [6.45, 7) is 1.84. The van der Waals surface area contributed by atoms with E-state index in [9.17, 15) is 0 Å². The molecule has 1 aromatic heterocycles. The topological polar surface area (TPSA) is 38.4 Å². The van der Waals surface area contributed by atoms with Crippen molar-refractivity contribution in [1.82, 2.24) is 4.98 Å². The lowest BCUT2D eigenvalue weighted by atomic mass is 10.2. The molecule has 0 unspecified atom stereocenters. The molecule has 0 aliphatic carbocycles. The predicted molar refractivity (Wildman–Crippen MR) is 37.7 cm³/mol. The van der Waals surface area contributed by atoms with Crippen molar-refractivity contribution in [3.05, 3.63) is 11.7 Å². The minimum atomic E-state index is 0.712. The number of aliphatic imine (C=N–C) groups is 1. The van der Waals surface area contributed by atoms with Crippen LogP contribution in [0.4, 0.5) is 5.82 Å². The molecule has 0 saturated heterocycles. The van der Waals surface area contributed by atoms with Crippen LogP contribution in [0.2, 0.25) is 0 Å². The van der Waals surface area contributed by atoms with Gasteiger partial charge in [0.2, 0.25) is 0 Å². The van der Waals surface area contributed by atoms with Crippen LogP contribution in [0.1, 0.15) is 18.1 Å². The molecule has 1 aromatic rings. The smallest absolute Gasteiger partial charge is 0.194 e. The number of aryl methyl sites for hydroxylation is 2. The standard InChI is InChI=1S/C7H8N2O/c1-5-9-7-6(10-5)3-2-4-8-7/h4H,2-3H2,1H3. The highest BCUT2D eigenvalue weighted by Crippen LogP contribution is 2.23. The van der Waals surface area contributed by atoms with Crippen LogP contribution < -0.4 is 0 Å². The summed E-state index contributed by atoms with van der Waals surface area (Å²) in [5, 5.41) is 0. The fraction of sp³-hybridized carbons (Fsp3) is 0.429. The van der Waals surface area contributed by atoms with Crippen LogP contribution >= 0.6 is 0 Å². The summed E-state index contributed by atoms with van der Waals surface area (Å²) >= 11 is 0. The zero-order valence-corrected chi connectivity index (χ0v) is 5.79. The van der Waals surface area contributed by atoms with Gasteiger partial charge >= 0.3 is 0 Å². The van der Waals surface area contributed by atoms with E-state index in [1.807, 2.05) is 13.1 Å². The van der Waals surface area contributed by atoms with Gasteiger partial charge in [0.1, 0.15) is 0 Å². The molecule has 0 radical (unpaired) electrons. The molecule has 3 nitrogen and oxygen atoms in total. The van der Waals surface area contributed by atoms with Crippen molar-refractivity contribution < 1.29 is 4.42 Å². The van der Waals surface area contributed by atoms with Gasteiger partial charge < -0.3 is 4.42 Å². The first-order chi connectivity index (χ1) is 4.86. The van der Waals surface area contributed by atoms with Crippen LogP contribution in [-0.4, -0.2) is 11.2 Å². The summed E-state index contributed by atoms with van der Waals surface area (Å²) in [7, 11) is 0. The minimum absolute atomic E-state index is 0.712. The number of oxazole rings is 1. The second kappa shape index (κ2) is 1.94. The first kappa shape index (κ1) is 5.65. The number of nitrogens with zero attached hydrogens (tertiary/aromatic N) is 2. The number of fused-ring (bicyclic) bond motifs is 1. The van der Waals surface area contributed by atoms with Crippen molar-refractivity contribution in [3.8, 4) is 0 Å². The Morgan fingerprint density at radius 1 is 1.60 bits per heavy atom. The van der Waals surface area contributed by atoms with Crippen molar-refractivity contribution in [2.45, 2.75) is 19.8 Å². The summed E-state index contributed by atoms with van der Waals surface area (Å²) in [5.41, 5.74) is 0. The van der Waals surface area contributed by atoms with E-state index in [2.05, 4.69) is 9.98 Å². The third kappa shape index (κ3) is 0.744. The van der Waals surface area contributed by atoms with Gasteiger partial charge in [-0.2, -0.15) is 4.98 Å². The lowest BCUT2D eigenvalue weighted by Gasteiger charge is -1.97. The highest BCUT2D eigenvalue weighted by atomic mass is 16.4. The van der Waals surface area contributed by atoms with E-state index in [-0.39, 0.29) is 0 Å². The molecule has 0 N–H and O–H groups in total. The van der Waals surface area contributed by atoms with Gasteiger partial charge in [-0.1, -0.05) is 0 Å². The molecular formula is C7H8N2O. The second-order valence-electron chi connectivity index (χ2n) is 2.33. The predicted octanol–water partition coefficient (Wildman–Crippen LogP) is 1.63. The average molecular weight is 136 g/mol. The van der Waals surface area contributed by atoms with E-state index in [0.29, 0.717) is 5.89 Å². The number of rotatable bonds is 0. The number of hydrogen-bond acceptors (Lipinski definition) is 3. The van der Waals surface area contributed by atoms with Crippen LogP contribution in [-0.2, 0) is 6.42 Å². The molecule has 0 saturated carbocycles. The van der Waals surface area contributed by atoms with Crippen LogP contribution in [0.15, 0.2) is 9.41 Å². The molecule has 0 atom stereocenters. The maximum absolute atomic E-state index is 5.28. The van der Waals surface area contributed by atoms with E-state index in [0.717, 1.165) is 24.4 Å².